The van der Waals surface area contributed by atoms with Gasteiger partial charge in [-0.3, -0.25) is 9.79 Å². The van der Waals surface area contributed by atoms with Gasteiger partial charge in [-0.15, -0.1) is 24.0 Å². The van der Waals surface area contributed by atoms with E-state index in [4.69, 9.17) is 4.74 Å². The Balaban J connectivity index is 0.00000300. The molecule has 0 bridgehead atoms. The molecular formula is C22H35IN4O2. The van der Waals surface area contributed by atoms with Crippen molar-refractivity contribution in [2.24, 2.45) is 4.99 Å². The average Bonchev–Trinajstić information content (AvgIpc) is 3.07. The van der Waals surface area contributed by atoms with Crippen LogP contribution in [0.3, 0.4) is 0 Å². The molecular weight excluding hydrogens is 479 g/mol. The lowest BCUT2D eigenvalue weighted by Gasteiger charge is -2.20. The topological polar surface area (TPSA) is 66.0 Å². The Hall–Kier alpha value is -1.51. The van der Waals surface area contributed by atoms with Crippen LogP contribution in [0.2, 0.25) is 0 Å². The van der Waals surface area contributed by atoms with E-state index in [-0.39, 0.29) is 24.0 Å². The van der Waals surface area contributed by atoms with Gasteiger partial charge in [0.15, 0.2) is 5.96 Å². The van der Waals surface area contributed by atoms with E-state index in [1.54, 1.807) is 0 Å². The number of carbonyl (C=O) groups is 1. The third-order valence-corrected chi connectivity index (χ3v) is 5.33. The summed E-state index contributed by atoms with van der Waals surface area (Å²) in [6, 6.07) is 6.49. The van der Waals surface area contributed by atoms with Gasteiger partial charge in [0.2, 0.25) is 5.91 Å². The molecule has 1 amide bonds. The maximum Gasteiger partial charge on any atom is 0.222 e. The number of nitrogens with zero attached hydrogens (tertiary/aromatic N) is 2. The Morgan fingerprint density at radius 2 is 2.10 bits per heavy atom. The summed E-state index contributed by atoms with van der Waals surface area (Å²) >= 11 is 0. The highest BCUT2D eigenvalue weighted by Gasteiger charge is 2.15. The first-order chi connectivity index (χ1) is 13.8. The van der Waals surface area contributed by atoms with Crippen LogP contribution >= 0.6 is 24.0 Å². The largest absolute Gasteiger partial charge is 0.493 e. The van der Waals surface area contributed by atoms with Crippen molar-refractivity contribution < 1.29 is 9.53 Å². The van der Waals surface area contributed by atoms with Gasteiger partial charge >= 0.3 is 0 Å². The molecule has 0 unspecified atom stereocenters. The summed E-state index contributed by atoms with van der Waals surface area (Å²) in [6.07, 6.45) is 6.94. The molecule has 1 aromatic rings. The van der Waals surface area contributed by atoms with Crippen LogP contribution in [0.15, 0.2) is 23.2 Å². The third-order valence-electron chi connectivity index (χ3n) is 5.33. The van der Waals surface area contributed by atoms with Gasteiger partial charge < -0.3 is 20.3 Å². The number of guanidine groups is 1. The lowest BCUT2D eigenvalue weighted by molar-refractivity contribution is -0.130. The molecule has 0 saturated carbocycles. The van der Waals surface area contributed by atoms with Crippen molar-refractivity contribution in [2.45, 2.75) is 51.9 Å². The molecule has 2 heterocycles. The van der Waals surface area contributed by atoms with Crippen LogP contribution in [0.1, 0.15) is 50.2 Å². The van der Waals surface area contributed by atoms with E-state index in [0.29, 0.717) is 12.3 Å². The van der Waals surface area contributed by atoms with Crippen molar-refractivity contribution in [3.05, 3.63) is 29.3 Å². The predicted octanol–water partition coefficient (Wildman–Crippen LogP) is 3.13. The Morgan fingerprint density at radius 1 is 1.21 bits per heavy atom. The van der Waals surface area contributed by atoms with Crippen LogP contribution in [-0.4, -0.2) is 56.1 Å². The molecule has 7 heteroatoms. The number of carbonyl (C=O) groups excluding carboxylic acids is 1. The van der Waals surface area contributed by atoms with Gasteiger partial charge in [-0.2, -0.15) is 0 Å². The van der Waals surface area contributed by atoms with Crippen LogP contribution < -0.4 is 15.4 Å². The second kappa shape index (κ2) is 12.9. The van der Waals surface area contributed by atoms with E-state index in [1.807, 2.05) is 4.90 Å². The molecule has 2 N–H and O–H groups in total. The predicted molar refractivity (Wildman–Crippen MR) is 128 cm³/mol. The van der Waals surface area contributed by atoms with Gasteiger partial charge in [0, 0.05) is 45.6 Å². The van der Waals surface area contributed by atoms with Crippen molar-refractivity contribution in [1.29, 1.82) is 0 Å². The number of benzene rings is 1. The first-order valence-corrected chi connectivity index (χ1v) is 10.8. The lowest BCUT2D eigenvalue weighted by atomic mass is 10.1. The summed E-state index contributed by atoms with van der Waals surface area (Å²) in [5.74, 6) is 2.20. The van der Waals surface area contributed by atoms with Crippen LogP contribution in [0.25, 0.3) is 0 Å². The monoisotopic (exact) mass is 514 g/mol. The second-order valence-electron chi connectivity index (χ2n) is 7.52. The van der Waals surface area contributed by atoms with Crippen LogP contribution in [0, 0.1) is 0 Å². The van der Waals surface area contributed by atoms with Crippen LogP contribution in [0.5, 0.6) is 5.75 Å². The molecule has 2 aliphatic heterocycles. The zero-order chi connectivity index (χ0) is 19.6. The Labute approximate surface area is 191 Å². The van der Waals surface area contributed by atoms with E-state index in [2.05, 4.69) is 40.7 Å². The summed E-state index contributed by atoms with van der Waals surface area (Å²) in [6.45, 7) is 7.02. The molecule has 1 aromatic carbocycles. The third kappa shape index (κ3) is 7.68. The highest BCUT2D eigenvalue weighted by molar-refractivity contribution is 14.0. The number of hydrogen-bond donors (Lipinski definition) is 2. The molecule has 1 saturated heterocycles. The molecule has 0 aliphatic carbocycles. The van der Waals surface area contributed by atoms with Crippen molar-refractivity contribution in [1.82, 2.24) is 15.5 Å². The number of aliphatic imine (C=N–C) groups is 1. The molecule has 3 rings (SSSR count). The zero-order valence-electron chi connectivity index (χ0n) is 17.5. The average molecular weight is 514 g/mol. The van der Waals surface area contributed by atoms with E-state index in [0.717, 1.165) is 83.1 Å². The quantitative estimate of drug-likeness (QED) is 0.242. The van der Waals surface area contributed by atoms with E-state index in [1.165, 1.54) is 17.5 Å². The van der Waals surface area contributed by atoms with Gasteiger partial charge in [-0.25, -0.2) is 0 Å². The SMILES string of the molecule is CCNC(=NCCCN1CCCCCC1=O)NCCc1ccc2c(c1)CCO2.I. The number of rotatable bonds is 8. The molecule has 1 fully saturated rings. The minimum Gasteiger partial charge on any atom is -0.493 e. The van der Waals surface area contributed by atoms with E-state index >= 15 is 0 Å². The van der Waals surface area contributed by atoms with Crippen molar-refractivity contribution in [3.8, 4) is 5.75 Å². The number of halogens is 1. The highest BCUT2D eigenvalue weighted by atomic mass is 127. The Bertz CT molecular complexity index is 681. The second-order valence-corrected chi connectivity index (χ2v) is 7.52. The molecule has 0 atom stereocenters. The Morgan fingerprint density at radius 3 is 2.97 bits per heavy atom. The molecule has 6 nitrogen and oxygen atoms in total. The number of nitrogens with one attached hydrogen (secondary N) is 2. The maximum atomic E-state index is 12.0. The van der Waals surface area contributed by atoms with Gasteiger partial charge in [-0.05, 0) is 49.8 Å². The number of likely N-dealkylation sites (tertiary alicyclic amines) is 1. The van der Waals surface area contributed by atoms with Gasteiger partial charge in [0.05, 0.1) is 6.61 Å². The summed E-state index contributed by atoms with van der Waals surface area (Å²) < 4.78 is 5.57. The summed E-state index contributed by atoms with van der Waals surface area (Å²) in [4.78, 5) is 18.7. The van der Waals surface area contributed by atoms with Crippen LogP contribution in [-0.2, 0) is 17.6 Å². The molecule has 162 valence electrons. The number of fused-ring (bicyclic) bond motifs is 1. The van der Waals surface area contributed by atoms with E-state index in [9.17, 15) is 4.79 Å². The molecule has 0 aromatic heterocycles. The summed E-state index contributed by atoms with van der Waals surface area (Å²) in [7, 11) is 0. The van der Waals surface area contributed by atoms with Gasteiger partial charge in [0.25, 0.3) is 0 Å². The van der Waals surface area contributed by atoms with Gasteiger partial charge in [0.1, 0.15) is 5.75 Å². The van der Waals surface area contributed by atoms with Gasteiger partial charge in [-0.1, -0.05) is 18.6 Å². The first kappa shape index (κ1) is 23.8. The fraction of sp³-hybridized carbons (Fsp3) is 0.636. The van der Waals surface area contributed by atoms with Crippen molar-refractivity contribution in [3.63, 3.8) is 0 Å². The fourth-order valence-electron chi connectivity index (χ4n) is 3.79. The minimum atomic E-state index is 0. The Kier molecular flexibility index (Phi) is 10.6. The minimum absolute atomic E-state index is 0. The smallest absolute Gasteiger partial charge is 0.222 e. The molecule has 0 spiro atoms. The van der Waals surface area contributed by atoms with Crippen LogP contribution in [0.4, 0.5) is 0 Å². The molecule has 2 aliphatic rings. The van der Waals surface area contributed by atoms with Crippen molar-refractivity contribution in [2.75, 3.05) is 39.3 Å². The standard InChI is InChI=1S/C22H34N4O2.HI/c1-2-23-22(24-12-6-15-26-14-5-3-4-7-21(26)27)25-13-10-18-8-9-20-19(17-18)11-16-28-20;/h8-9,17H,2-7,10-16H2,1H3,(H2,23,24,25);1H. The van der Waals surface area contributed by atoms with Crippen molar-refractivity contribution >= 4 is 35.8 Å². The highest BCUT2D eigenvalue weighted by Crippen LogP contribution is 2.25. The maximum absolute atomic E-state index is 12.0. The lowest BCUT2D eigenvalue weighted by Crippen LogP contribution is -2.38. The number of amides is 1. The zero-order valence-corrected chi connectivity index (χ0v) is 19.9. The number of hydrogen-bond acceptors (Lipinski definition) is 3. The summed E-state index contributed by atoms with van der Waals surface area (Å²) in [5.41, 5.74) is 2.65. The molecule has 29 heavy (non-hydrogen) atoms. The van der Waals surface area contributed by atoms with E-state index < -0.39 is 0 Å². The first-order valence-electron chi connectivity index (χ1n) is 10.8. The normalized spacial score (nSPS) is 16.5. The molecule has 0 radical (unpaired) electrons. The fourth-order valence-corrected chi connectivity index (χ4v) is 3.79. The number of ether oxygens (including phenoxy) is 1. The summed E-state index contributed by atoms with van der Waals surface area (Å²) in [5, 5.41) is 6.73.